The van der Waals surface area contributed by atoms with E-state index >= 15 is 0 Å². The third-order valence-electron chi connectivity index (χ3n) is 2.84. The van der Waals surface area contributed by atoms with E-state index in [1.54, 1.807) is 0 Å². The second kappa shape index (κ2) is 9.50. The maximum atomic E-state index is 3.62. The smallest absolute Gasteiger partial charge is 0.0343 e. The fourth-order valence-electron chi connectivity index (χ4n) is 1.90. The van der Waals surface area contributed by atoms with Gasteiger partial charge in [-0.3, -0.25) is 5.43 Å². The number of halogens is 1. The molecule has 0 heterocycles. The molecule has 0 unspecified atom stereocenters. The minimum atomic E-state index is 0.953. The van der Waals surface area contributed by atoms with Crippen LogP contribution in [0.15, 0.2) is 30.3 Å². The van der Waals surface area contributed by atoms with E-state index in [4.69, 9.17) is 0 Å². The van der Waals surface area contributed by atoms with Crippen LogP contribution in [0.5, 0.6) is 0 Å². The van der Waals surface area contributed by atoms with Crippen LogP contribution in [0.4, 0.5) is 0 Å². The number of hydrogen-bond donors (Lipinski definition) is 1. The average Bonchev–Trinajstić information content (AvgIpc) is 2.39. The van der Waals surface area contributed by atoms with Gasteiger partial charge in [-0.25, -0.2) is 8.93 Å². The zero-order chi connectivity index (χ0) is 13.2. The molecule has 102 valence electrons. The van der Waals surface area contributed by atoms with Crippen molar-refractivity contribution in [3.05, 3.63) is 35.9 Å². The first-order valence-corrected chi connectivity index (χ1v) is 7.34. The summed E-state index contributed by atoms with van der Waals surface area (Å²) in [5.41, 5.74) is 4.57. The van der Waals surface area contributed by atoms with E-state index in [-0.39, 0.29) is 0 Å². The zero-order valence-electron chi connectivity index (χ0n) is 11.4. The Hall–Kier alpha value is -0.420. The van der Waals surface area contributed by atoms with Crippen molar-refractivity contribution < 1.29 is 0 Å². The highest BCUT2D eigenvalue weighted by Crippen LogP contribution is 2.09. The minimum Gasteiger partial charge on any atom is -0.258 e. The fraction of sp³-hybridized carbons (Fsp3) is 0.571. The van der Waals surface area contributed by atoms with Gasteiger partial charge in [0.25, 0.3) is 0 Å². The predicted molar refractivity (Wildman–Crippen MR) is 81.3 cm³/mol. The summed E-state index contributed by atoms with van der Waals surface area (Å²) in [6.07, 6.45) is 2.34. The summed E-state index contributed by atoms with van der Waals surface area (Å²) in [6.45, 7) is 6.40. The Balaban J connectivity index is 2.19. The second-order valence-corrected chi connectivity index (χ2v) is 5.40. The molecule has 0 radical (unpaired) electrons. The molecule has 1 aromatic rings. The van der Waals surface area contributed by atoms with Crippen molar-refractivity contribution in [3.8, 4) is 0 Å². The topological polar surface area (TPSA) is 18.5 Å². The molecule has 0 aromatic heterocycles. The molecule has 4 heteroatoms. The Kier molecular flexibility index (Phi) is 8.25. The monoisotopic (exact) mass is 313 g/mol. The van der Waals surface area contributed by atoms with Crippen molar-refractivity contribution in [1.82, 2.24) is 14.4 Å². The van der Waals surface area contributed by atoms with E-state index in [0.29, 0.717) is 0 Å². The normalized spacial score (nSPS) is 11.4. The van der Waals surface area contributed by atoms with E-state index in [1.165, 1.54) is 12.0 Å². The largest absolute Gasteiger partial charge is 0.258 e. The van der Waals surface area contributed by atoms with Crippen LogP contribution < -0.4 is 5.43 Å². The van der Waals surface area contributed by atoms with E-state index in [0.717, 1.165) is 32.6 Å². The van der Waals surface area contributed by atoms with Gasteiger partial charge in [0.1, 0.15) is 0 Å². The molecule has 18 heavy (non-hydrogen) atoms. The van der Waals surface area contributed by atoms with E-state index < -0.39 is 0 Å². The van der Waals surface area contributed by atoms with Gasteiger partial charge in [0.2, 0.25) is 0 Å². The molecule has 0 atom stereocenters. The highest BCUT2D eigenvalue weighted by Gasteiger charge is 2.04. The van der Waals surface area contributed by atoms with Crippen molar-refractivity contribution in [2.75, 3.05) is 26.7 Å². The average molecular weight is 314 g/mol. The van der Waals surface area contributed by atoms with E-state index in [1.807, 2.05) is 7.05 Å². The van der Waals surface area contributed by atoms with E-state index in [2.05, 4.69) is 67.8 Å². The van der Waals surface area contributed by atoms with Gasteiger partial charge in [-0.1, -0.05) is 37.3 Å². The van der Waals surface area contributed by atoms with Gasteiger partial charge in [-0.2, -0.15) is 0 Å². The predicted octanol–water partition coefficient (Wildman–Crippen LogP) is 3.04. The van der Waals surface area contributed by atoms with Gasteiger partial charge in [-0.05, 0) is 25.5 Å². The molecule has 0 aliphatic carbocycles. The van der Waals surface area contributed by atoms with Crippen molar-refractivity contribution >= 4 is 16.1 Å². The number of hydrazine groups is 1. The molecule has 0 saturated carbocycles. The third kappa shape index (κ3) is 6.50. The molecule has 0 aliphatic rings. The lowest BCUT2D eigenvalue weighted by Gasteiger charge is -2.21. The molecule has 0 bridgehead atoms. The second-order valence-electron chi connectivity index (χ2n) is 4.39. The fourth-order valence-corrected chi connectivity index (χ4v) is 2.44. The van der Waals surface area contributed by atoms with Gasteiger partial charge in [-0.15, -0.1) is 0 Å². The first-order chi connectivity index (χ1) is 8.76. The van der Waals surface area contributed by atoms with Crippen LogP contribution in [0.3, 0.4) is 0 Å². The van der Waals surface area contributed by atoms with Crippen molar-refractivity contribution in [1.29, 1.82) is 0 Å². The Labute approximate surface area is 119 Å². The van der Waals surface area contributed by atoms with Crippen molar-refractivity contribution in [2.24, 2.45) is 0 Å². The summed E-state index contributed by atoms with van der Waals surface area (Å²) < 4.78 is 2.20. The molecule has 0 spiro atoms. The first kappa shape index (κ1) is 15.6. The lowest BCUT2D eigenvalue weighted by Crippen LogP contribution is -2.37. The molecule has 1 N–H and O–H groups in total. The quantitative estimate of drug-likeness (QED) is 0.558. The van der Waals surface area contributed by atoms with Crippen LogP contribution in [0.25, 0.3) is 0 Å². The third-order valence-corrected chi connectivity index (χ3v) is 3.44. The molecular weight excluding hydrogens is 290 g/mol. The highest BCUT2D eigenvalue weighted by molar-refractivity contribution is 9.07. The van der Waals surface area contributed by atoms with Gasteiger partial charge < -0.3 is 0 Å². The number of rotatable bonds is 9. The molecule has 0 aliphatic heterocycles. The van der Waals surface area contributed by atoms with Gasteiger partial charge in [0, 0.05) is 42.3 Å². The molecule has 1 rings (SSSR count). The van der Waals surface area contributed by atoms with Gasteiger partial charge in [0.05, 0.1) is 0 Å². The first-order valence-electron chi connectivity index (χ1n) is 6.63. The lowest BCUT2D eigenvalue weighted by atomic mass is 10.2. The van der Waals surface area contributed by atoms with Crippen LogP contribution in [0, 0.1) is 0 Å². The zero-order valence-corrected chi connectivity index (χ0v) is 13.0. The minimum absolute atomic E-state index is 0.953. The van der Waals surface area contributed by atoms with Crippen molar-refractivity contribution in [2.45, 2.75) is 26.3 Å². The maximum Gasteiger partial charge on any atom is 0.0343 e. The molecule has 3 nitrogen and oxygen atoms in total. The molecular formula is C14H24BrN3. The van der Waals surface area contributed by atoms with Crippen LogP contribution in [0.1, 0.15) is 25.3 Å². The standard InChI is InChI=1S/C14H24BrN3/c1-3-10-18(16-2)12-7-11-17(15)13-14-8-5-4-6-9-14/h4-6,8-9,16H,3,7,10-13H2,1-2H3. The van der Waals surface area contributed by atoms with Crippen LogP contribution in [-0.2, 0) is 6.54 Å². The summed E-state index contributed by atoms with van der Waals surface area (Å²) >= 11 is 3.62. The summed E-state index contributed by atoms with van der Waals surface area (Å²) in [5.74, 6) is 0. The Bertz CT molecular complexity index is 305. The SMILES string of the molecule is CCCN(CCCN(Br)Cc1ccccc1)NC. The number of hydrogen-bond acceptors (Lipinski definition) is 3. The van der Waals surface area contributed by atoms with Crippen LogP contribution >= 0.6 is 16.1 Å². The Morgan fingerprint density at radius 2 is 1.83 bits per heavy atom. The van der Waals surface area contributed by atoms with E-state index in [9.17, 15) is 0 Å². The number of nitrogens with zero attached hydrogens (tertiary/aromatic N) is 2. The lowest BCUT2D eigenvalue weighted by molar-refractivity contribution is 0.200. The van der Waals surface area contributed by atoms with Crippen molar-refractivity contribution in [3.63, 3.8) is 0 Å². The summed E-state index contributed by atoms with van der Waals surface area (Å²) in [4.78, 5) is 0. The van der Waals surface area contributed by atoms with Crippen LogP contribution in [-0.4, -0.2) is 35.6 Å². The molecule has 0 fully saturated rings. The van der Waals surface area contributed by atoms with Gasteiger partial charge in [0.15, 0.2) is 0 Å². The molecule has 0 saturated heterocycles. The number of nitrogens with one attached hydrogen (secondary N) is 1. The number of benzene rings is 1. The molecule has 0 amide bonds. The highest BCUT2D eigenvalue weighted by atomic mass is 79.9. The molecule has 1 aromatic carbocycles. The maximum absolute atomic E-state index is 3.62. The Morgan fingerprint density at radius 3 is 2.44 bits per heavy atom. The van der Waals surface area contributed by atoms with Crippen LogP contribution in [0.2, 0.25) is 0 Å². The summed E-state index contributed by atoms with van der Waals surface area (Å²) in [5, 5.41) is 2.27. The summed E-state index contributed by atoms with van der Waals surface area (Å²) in [7, 11) is 1.99. The Morgan fingerprint density at radius 1 is 1.11 bits per heavy atom. The van der Waals surface area contributed by atoms with Gasteiger partial charge >= 0.3 is 0 Å². The summed E-state index contributed by atoms with van der Waals surface area (Å²) in [6, 6.07) is 10.5.